The van der Waals surface area contributed by atoms with E-state index >= 15 is 0 Å². The van der Waals surface area contributed by atoms with Crippen molar-refractivity contribution in [1.29, 1.82) is 0 Å². The molecule has 0 heterocycles. The molecule has 0 aromatic heterocycles. The molecule has 2 unspecified atom stereocenters. The van der Waals surface area contributed by atoms with Crippen LogP contribution >= 0.6 is 11.8 Å². The number of thioether (sulfide) groups is 1. The van der Waals surface area contributed by atoms with Crippen molar-refractivity contribution in [2.75, 3.05) is 13.1 Å². The van der Waals surface area contributed by atoms with Crippen LogP contribution in [0.3, 0.4) is 0 Å². The lowest BCUT2D eigenvalue weighted by Crippen LogP contribution is -2.33. The second kappa shape index (κ2) is 6.23. The van der Waals surface area contributed by atoms with Crippen LogP contribution in [-0.4, -0.2) is 45.0 Å². The van der Waals surface area contributed by atoms with Crippen LogP contribution in [-0.2, 0) is 4.79 Å². The Kier molecular flexibility index (Phi) is 6.11. The summed E-state index contributed by atoms with van der Waals surface area (Å²) in [5.41, 5.74) is -1.32. The van der Waals surface area contributed by atoms with Crippen LogP contribution in [0.1, 0.15) is 20.8 Å². The zero-order valence-electron chi connectivity index (χ0n) is 8.23. The number of carbonyl (C=O) groups is 1. The fraction of sp³-hybridized carbons (Fsp3) is 0.875. The summed E-state index contributed by atoms with van der Waals surface area (Å²) in [6.45, 7) is 7.62. The van der Waals surface area contributed by atoms with Gasteiger partial charge in [-0.3, -0.25) is 4.90 Å². The molecule has 0 saturated heterocycles. The largest absolute Gasteiger partial charge is 0.479 e. The highest BCUT2D eigenvalue weighted by atomic mass is 32.2. The smallest absolute Gasteiger partial charge is 0.343 e. The van der Waals surface area contributed by atoms with Gasteiger partial charge in [0, 0.05) is 0 Å². The molecule has 0 spiro atoms. The van der Waals surface area contributed by atoms with Gasteiger partial charge >= 0.3 is 5.97 Å². The normalized spacial score (nSPS) is 15.8. The van der Waals surface area contributed by atoms with E-state index < -0.39 is 11.4 Å². The maximum absolute atomic E-state index is 10.3. The summed E-state index contributed by atoms with van der Waals surface area (Å²) in [5.74, 6) is -1.18. The van der Waals surface area contributed by atoms with Crippen molar-refractivity contribution in [3.8, 4) is 0 Å². The van der Waals surface area contributed by atoms with Crippen molar-refractivity contribution in [1.82, 2.24) is 4.90 Å². The molecule has 2 atom stereocenters. The van der Waals surface area contributed by atoms with E-state index in [0.717, 1.165) is 24.9 Å². The average Bonchev–Trinajstić information content (AvgIpc) is 2.06. The van der Waals surface area contributed by atoms with Crippen molar-refractivity contribution in [2.24, 2.45) is 0 Å². The SMILES string of the molecule is CCN(CC)C(C)SC(O)C(=O)O. The molecule has 4 nitrogen and oxygen atoms in total. The van der Waals surface area contributed by atoms with Gasteiger partial charge in [-0.2, -0.15) is 0 Å². The van der Waals surface area contributed by atoms with Crippen molar-refractivity contribution < 1.29 is 15.0 Å². The van der Waals surface area contributed by atoms with Gasteiger partial charge in [-0.05, 0) is 20.0 Å². The third-order valence-electron chi connectivity index (χ3n) is 1.86. The molecule has 0 radical (unpaired) electrons. The van der Waals surface area contributed by atoms with Crippen LogP contribution in [0.5, 0.6) is 0 Å². The van der Waals surface area contributed by atoms with E-state index in [1.54, 1.807) is 0 Å². The lowest BCUT2D eigenvalue weighted by atomic mass is 10.5. The molecular formula is C8H17NO3S. The second-order valence-electron chi connectivity index (χ2n) is 2.65. The summed E-state index contributed by atoms with van der Waals surface area (Å²) < 4.78 is 0. The lowest BCUT2D eigenvalue weighted by Gasteiger charge is -2.26. The van der Waals surface area contributed by atoms with Gasteiger partial charge in [0.2, 0.25) is 0 Å². The molecule has 0 aromatic rings. The highest BCUT2D eigenvalue weighted by Crippen LogP contribution is 2.19. The average molecular weight is 207 g/mol. The van der Waals surface area contributed by atoms with Crippen LogP contribution in [0.25, 0.3) is 0 Å². The predicted molar refractivity (Wildman–Crippen MR) is 53.6 cm³/mol. The van der Waals surface area contributed by atoms with Crippen LogP contribution in [0.4, 0.5) is 0 Å². The lowest BCUT2D eigenvalue weighted by molar-refractivity contribution is -0.141. The van der Waals surface area contributed by atoms with Gasteiger partial charge in [-0.1, -0.05) is 13.8 Å². The molecule has 13 heavy (non-hydrogen) atoms. The molecule has 78 valence electrons. The van der Waals surface area contributed by atoms with Gasteiger partial charge < -0.3 is 10.2 Å². The molecule has 0 fully saturated rings. The Morgan fingerprint density at radius 1 is 1.46 bits per heavy atom. The Hall–Kier alpha value is -0.260. The Morgan fingerprint density at radius 2 is 1.92 bits per heavy atom. The Morgan fingerprint density at radius 3 is 2.23 bits per heavy atom. The second-order valence-corrected chi connectivity index (χ2v) is 4.05. The summed E-state index contributed by atoms with van der Waals surface area (Å²) in [5, 5.41) is 17.6. The minimum Gasteiger partial charge on any atom is -0.479 e. The molecule has 5 heteroatoms. The highest BCUT2D eigenvalue weighted by Gasteiger charge is 2.20. The molecule has 0 aliphatic heterocycles. The molecule has 0 aromatic carbocycles. The third kappa shape index (κ3) is 4.50. The number of rotatable bonds is 6. The predicted octanol–water partition coefficient (Wildman–Crippen LogP) is 0.810. The van der Waals surface area contributed by atoms with E-state index in [0.29, 0.717) is 0 Å². The molecule has 0 rings (SSSR count). The Bertz CT molecular complexity index is 161. The van der Waals surface area contributed by atoms with Crippen molar-refractivity contribution >= 4 is 17.7 Å². The van der Waals surface area contributed by atoms with E-state index in [2.05, 4.69) is 4.90 Å². The minimum atomic E-state index is -1.32. The number of carboxylic acid groups (broad SMARTS) is 1. The summed E-state index contributed by atoms with van der Waals surface area (Å²) in [6, 6.07) is 0. The van der Waals surface area contributed by atoms with E-state index in [9.17, 15) is 4.79 Å². The summed E-state index contributed by atoms with van der Waals surface area (Å²) in [4.78, 5) is 12.4. The standard InChI is InChI=1S/C8H17NO3S/c1-4-9(5-2)6(3)13-8(12)7(10)11/h6,8,12H,4-5H2,1-3H3,(H,10,11). The van der Waals surface area contributed by atoms with Crippen LogP contribution < -0.4 is 0 Å². The quantitative estimate of drug-likeness (QED) is 0.631. The number of aliphatic carboxylic acids is 1. The van der Waals surface area contributed by atoms with Crippen LogP contribution in [0, 0.1) is 0 Å². The van der Waals surface area contributed by atoms with E-state index in [4.69, 9.17) is 10.2 Å². The molecule has 0 amide bonds. The van der Waals surface area contributed by atoms with Crippen LogP contribution in [0.15, 0.2) is 0 Å². The first-order chi connectivity index (χ1) is 6.02. The first kappa shape index (κ1) is 12.7. The van der Waals surface area contributed by atoms with Crippen LogP contribution in [0.2, 0.25) is 0 Å². The highest BCUT2D eigenvalue weighted by molar-refractivity contribution is 8.00. The van der Waals surface area contributed by atoms with Gasteiger partial charge in [0.05, 0.1) is 5.37 Å². The number of hydrogen-bond acceptors (Lipinski definition) is 4. The molecule has 0 bridgehead atoms. The molecule has 0 aliphatic rings. The first-order valence-electron chi connectivity index (χ1n) is 4.33. The van der Waals surface area contributed by atoms with E-state index in [1.807, 2.05) is 20.8 Å². The van der Waals surface area contributed by atoms with E-state index in [1.165, 1.54) is 0 Å². The minimum absolute atomic E-state index is 0.0288. The molecule has 2 N–H and O–H groups in total. The van der Waals surface area contributed by atoms with Gasteiger partial charge in [0.15, 0.2) is 5.44 Å². The van der Waals surface area contributed by atoms with Gasteiger partial charge in [0.25, 0.3) is 0 Å². The van der Waals surface area contributed by atoms with Crippen molar-refractivity contribution in [3.05, 3.63) is 0 Å². The maximum Gasteiger partial charge on any atom is 0.343 e. The van der Waals surface area contributed by atoms with Gasteiger partial charge in [-0.25, -0.2) is 4.79 Å². The molecular weight excluding hydrogens is 190 g/mol. The fourth-order valence-electron chi connectivity index (χ4n) is 1.07. The number of nitrogens with zero attached hydrogens (tertiary/aromatic N) is 1. The van der Waals surface area contributed by atoms with Gasteiger partial charge in [0.1, 0.15) is 0 Å². The number of aliphatic hydroxyl groups is 1. The maximum atomic E-state index is 10.3. The third-order valence-corrected chi connectivity index (χ3v) is 3.02. The Labute approximate surface area is 82.9 Å². The molecule has 0 aliphatic carbocycles. The number of aliphatic hydroxyl groups excluding tert-OH is 1. The zero-order valence-corrected chi connectivity index (χ0v) is 9.04. The first-order valence-corrected chi connectivity index (χ1v) is 5.27. The molecule has 0 saturated carbocycles. The van der Waals surface area contributed by atoms with Gasteiger partial charge in [-0.15, -0.1) is 11.8 Å². The number of carboxylic acids is 1. The summed E-state index contributed by atoms with van der Waals surface area (Å²) in [6.07, 6.45) is 0. The van der Waals surface area contributed by atoms with Crippen molar-refractivity contribution in [2.45, 2.75) is 31.6 Å². The zero-order chi connectivity index (χ0) is 10.4. The monoisotopic (exact) mass is 207 g/mol. The van der Waals surface area contributed by atoms with Crippen molar-refractivity contribution in [3.63, 3.8) is 0 Å². The number of hydrogen-bond donors (Lipinski definition) is 2. The summed E-state index contributed by atoms with van der Waals surface area (Å²) >= 11 is 1.05. The summed E-state index contributed by atoms with van der Waals surface area (Å²) in [7, 11) is 0. The van der Waals surface area contributed by atoms with E-state index in [-0.39, 0.29) is 5.37 Å². The fourth-order valence-corrected chi connectivity index (χ4v) is 2.03. The Balaban J connectivity index is 3.96. The topological polar surface area (TPSA) is 60.8 Å².